The molecule has 0 aromatic rings. The Morgan fingerprint density at radius 2 is 2.00 bits per heavy atom. The second-order valence-electron chi connectivity index (χ2n) is 3.68. The number of nitrogens with one attached hydrogen (secondary N) is 1. The molecule has 0 aromatic heterocycles. The summed E-state index contributed by atoms with van der Waals surface area (Å²) < 4.78 is 5.00. The predicted octanol–water partition coefficient (Wildman–Crippen LogP) is 0.638. The molecule has 0 aliphatic carbocycles. The number of aliphatic carboxylic acids is 1. The molecule has 88 valence electrons. The summed E-state index contributed by atoms with van der Waals surface area (Å²) in [6, 6.07) is -0.845. The van der Waals surface area contributed by atoms with E-state index in [0.29, 0.717) is 6.61 Å². The van der Waals surface area contributed by atoms with Crippen molar-refractivity contribution in [1.82, 2.24) is 5.32 Å². The molecule has 0 aromatic carbocycles. The van der Waals surface area contributed by atoms with E-state index in [9.17, 15) is 9.59 Å². The van der Waals surface area contributed by atoms with Gasteiger partial charge in [-0.1, -0.05) is 20.8 Å². The Kier molecular flexibility index (Phi) is 6.70. The van der Waals surface area contributed by atoms with Crippen LogP contribution in [0.25, 0.3) is 0 Å². The Bertz CT molecular complexity index is 215. The first-order chi connectivity index (χ1) is 6.99. The first-order valence-corrected chi connectivity index (χ1v) is 5.09. The van der Waals surface area contributed by atoms with E-state index in [2.05, 4.69) is 5.32 Å². The van der Waals surface area contributed by atoms with Gasteiger partial charge in [-0.05, 0) is 12.3 Å². The maximum Gasteiger partial charge on any atom is 0.326 e. The summed E-state index contributed by atoms with van der Waals surface area (Å²) in [4.78, 5) is 22.0. The number of amides is 1. The van der Waals surface area contributed by atoms with Gasteiger partial charge in [-0.25, -0.2) is 4.79 Å². The second-order valence-corrected chi connectivity index (χ2v) is 3.68. The summed E-state index contributed by atoms with van der Waals surface area (Å²) in [6.45, 7) is 5.85. The third-order valence-corrected chi connectivity index (χ3v) is 1.83. The molecule has 0 radical (unpaired) electrons. The Morgan fingerprint density at radius 1 is 1.40 bits per heavy atom. The van der Waals surface area contributed by atoms with Gasteiger partial charge in [-0.15, -0.1) is 0 Å². The number of carboxylic acid groups (broad SMARTS) is 1. The van der Waals surface area contributed by atoms with E-state index < -0.39 is 12.0 Å². The fourth-order valence-corrected chi connectivity index (χ4v) is 1.04. The second kappa shape index (κ2) is 7.23. The standard InChI is InChI=1S/C10H19NO4/c1-4-5-15-6-8(12)11-9(7(2)3)10(13)14/h7,9H,4-6H2,1-3H3,(H,11,12)(H,13,14)/t9-/m0/s1. The molecular weight excluding hydrogens is 198 g/mol. The number of rotatable bonds is 7. The molecule has 0 unspecified atom stereocenters. The fraction of sp³-hybridized carbons (Fsp3) is 0.800. The number of carboxylic acids is 1. The molecule has 0 fully saturated rings. The maximum atomic E-state index is 11.2. The molecular formula is C10H19NO4. The Labute approximate surface area is 89.8 Å². The fourth-order valence-electron chi connectivity index (χ4n) is 1.04. The quantitative estimate of drug-likeness (QED) is 0.613. The Hall–Kier alpha value is -1.10. The predicted molar refractivity (Wildman–Crippen MR) is 55.5 cm³/mol. The van der Waals surface area contributed by atoms with E-state index in [1.54, 1.807) is 13.8 Å². The van der Waals surface area contributed by atoms with Crippen LogP contribution in [0.1, 0.15) is 27.2 Å². The molecule has 0 aliphatic heterocycles. The molecule has 0 heterocycles. The van der Waals surface area contributed by atoms with Crippen molar-refractivity contribution in [3.63, 3.8) is 0 Å². The molecule has 15 heavy (non-hydrogen) atoms. The van der Waals surface area contributed by atoms with E-state index in [4.69, 9.17) is 9.84 Å². The van der Waals surface area contributed by atoms with Crippen LogP contribution in [0.5, 0.6) is 0 Å². The van der Waals surface area contributed by atoms with Gasteiger partial charge in [0, 0.05) is 6.61 Å². The third-order valence-electron chi connectivity index (χ3n) is 1.83. The summed E-state index contributed by atoms with van der Waals surface area (Å²) in [5.41, 5.74) is 0. The van der Waals surface area contributed by atoms with Crippen molar-refractivity contribution in [2.45, 2.75) is 33.2 Å². The van der Waals surface area contributed by atoms with Gasteiger partial charge < -0.3 is 15.2 Å². The van der Waals surface area contributed by atoms with Crippen LogP contribution in [0.4, 0.5) is 0 Å². The van der Waals surface area contributed by atoms with Gasteiger partial charge in [0.1, 0.15) is 12.6 Å². The zero-order chi connectivity index (χ0) is 11.8. The van der Waals surface area contributed by atoms with Gasteiger partial charge in [-0.3, -0.25) is 4.79 Å². The molecule has 0 saturated carbocycles. The normalized spacial score (nSPS) is 12.5. The number of carbonyl (C=O) groups is 2. The van der Waals surface area contributed by atoms with E-state index in [1.165, 1.54) is 0 Å². The topological polar surface area (TPSA) is 75.6 Å². The third kappa shape index (κ3) is 6.06. The zero-order valence-electron chi connectivity index (χ0n) is 9.45. The number of hydrogen-bond donors (Lipinski definition) is 2. The Balaban J connectivity index is 3.95. The largest absolute Gasteiger partial charge is 0.480 e. The van der Waals surface area contributed by atoms with Crippen LogP contribution >= 0.6 is 0 Å². The lowest BCUT2D eigenvalue weighted by Crippen LogP contribution is -2.45. The van der Waals surface area contributed by atoms with Crippen LogP contribution < -0.4 is 5.32 Å². The van der Waals surface area contributed by atoms with E-state index in [-0.39, 0.29) is 18.4 Å². The minimum absolute atomic E-state index is 0.0790. The first-order valence-electron chi connectivity index (χ1n) is 5.09. The van der Waals surface area contributed by atoms with Gasteiger partial charge in [0.05, 0.1) is 0 Å². The Morgan fingerprint density at radius 3 is 2.40 bits per heavy atom. The molecule has 0 bridgehead atoms. The van der Waals surface area contributed by atoms with Crippen LogP contribution in [-0.2, 0) is 14.3 Å². The van der Waals surface area contributed by atoms with Crippen LogP contribution in [0, 0.1) is 5.92 Å². The average Bonchev–Trinajstić information content (AvgIpc) is 2.13. The highest BCUT2D eigenvalue weighted by atomic mass is 16.5. The van der Waals surface area contributed by atoms with Gasteiger partial charge >= 0.3 is 5.97 Å². The molecule has 1 amide bonds. The molecule has 2 N–H and O–H groups in total. The summed E-state index contributed by atoms with van der Waals surface area (Å²) in [7, 11) is 0. The summed E-state index contributed by atoms with van der Waals surface area (Å²) in [6.07, 6.45) is 0.833. The smallest absolute Gasteiger partial charge is 0.326 e. The van der Waals surface area contributed by atoms with E-state index >= 15 is 0 Å². The lowest BCUT2D eigenvalue weighted by Gasteiger charge is -2.17. The number of ether oxygens (including phenoxy) is 1. The van der Waals surface area contributed by atoms with Crippen molar-refractivity contribution in [2.24, 2.45) is 5.92 Å². The molecule has 5 heteroatoms. The monoisotopic (exact) mass is 217 g/mol. The maximum absolute atomic E-state index is 11.2. The molecule has 0 spiro atoms. The molecule has 5 nitrogen and oxygen atoms in total. The molecule has 1 atom stereocenters. The summed E-state index contributed by atoms with van der Waals surface area (Å²) >= 11 is 0. The molecule has 0 aliphatic rings. The van der Waals surface area contributed by atoms with Gasteiger partial charge in [0.15, 0.2) is 0 Å². The molecule has 0 rings (SSSR count). The summed E-state index contributed by atoms with van der Waals surface area (Å²) in [5.74, 6) is -1.55. The van der Waals surface area contributed by atoms with Gasteiger partial charge in [0.2, 0.25) is 5.91 Å². The van der Waals surface area contributed by atoms with E-state index in [0.717, 1.165) is 6.42 Å². The van der Waals surface area contributed by atoms with Crippen LogP contribution in [-0.4, -0.2) is 36.2 Å². The highest BCUT2D eigenvalue weighted by Crippen LogP contribution is 2.01. The highest BCUT2D eigenvalue weighted by Gasteiger charge is 2.22. The average molecular weight is 217 g/mol. The number of carbonyl (C=O) groups excluding carboxylic acids is 1. The van der Waals surface area contributed by atoms with Crippen molar-refractivity contribution >= 4 is 11.9 Å². The van der Waals surface area contributed by atoms with Crippen LogP contribution in [0.3, 0.4) is 0 Å². The van der Waals surface area contributed by atoms with Crippen molar-refractivity contribution in [3.8, 4) is 0 Å². The minimum atomic E-state index is -1.02. The van der Waals surface area contributed by atoms with E-state index in [1.807, 2.05) is 6.92 Å². The lowest BCUT2D eigenvalue weighted by atomic mass is 10.1. The minimum Gasteiger partial charge on any atom is -0.480 e. The summed E-state index contributed by atoms with van der Waals surface area (Å²) in [5, 5.41) is 11.2. The lowest BCUT2D eigenvalue weighted by molar-refractivity contribution is -0.143. The van der Waals surface area contributed by atoms with Crippen LogP contribution in [0.2, 0.25) is 0 Å². The van der Waals surface area contributed by atoms with Crippen molar-refractivity contribution in [2.75, 3.05) is 13.2 Å². The SMILES string of the molecule is CCCOCC(=O)N[C@H](C(=O)O)C(C)C. The van der Waals surface area contributed by atoms with Crippen molar-refractivity contribution in [1.29, 1.82) is 0 Å². The van der Waals surface area contributed by atoms with Crippen molar-refractivity contribution in [3.05, 3.63) is 0 Å². The highest BCUT2D eigenvalue weighted by molar-refractivity contribution is 5.84. The first kappa shape index (κ1) is 13.9. The molecule has 0 saturated heterocycles. The van der Waals surface area contributed by atoms with Crippen molar-refractivity contribution < 1.29 is 19.4 Å². The number of hydrogen-bond acceptors (Lipinski definition) is 3. The van der Waals surface area contributed by atoms with Gasteiger partial charge in [-0.2, -0.15) is 0 Å². The zero-order valence-corrected chi connectivity index (χ0v) is 9.45. The van der Waals surface area contributed by atoms with Gasteiger partial charge in [0.25, 0.3) is 0 Å². The van der Waals surface area contributed by atoms with Crippen LogP contribution in [0.15, 0.2) is 0 Å².